The third kappa shape index (κ3) is 3.29. The van der Waals surface area contributed by atoms with Crippen LogP contribution < -0.4 is 10.1 Å². The zero-order valence-corrected chi connectivity index (χ0v) is 11.5. The van der Waals surface area contributed by atoms with Crippen LogP contribution in [0.2, 0.25) is 0 Å². The van der Waals surface area contributed by atoms with E-state index < -0.39 is 0 Å². The Kier molecular flexibility index (Phi) is 4.25. The van der Waals surface area contributed by atoms with Crippen molar-refractivity contribution in [1.29, 1.82) is 0 Å². The molecule has 0 aliphatic rings. The molecule has 0 heterocycles. The van der Waals surface area contributed by atoms with E-state index in [-0.39, 0.29) is 11.7 Å². The van der Waals surface area contributed by atoms with E-state index in [1.165, 1.54) is 6.07 Å². The fraction of sp³-hybridized carbons (Fsp3) is 0.188. The van der Waals surface area contributed by atoms with Gasteiger partial charge in [-0.15, -0.1) is 0 Å². The first-order valence-electron chi connectivity index (χ1n) is 6.31. The van der Waals surface area contributed by atoms with Crippen molar-refractivity contribution < 1.29 is 14.6 Å². The molecule has 2 aromatic carbocycles. The molecule has 4 heteroatoms. The monoisotopic (exact) mass is 271 g/mol. The number of benzene rings is 2. The molecule has 20 heavy (non-hydrogen) atoms. The predicted octanol–water partition coefficient (Wildman–Crippen LogP) is 2.64. The number of nitrogens with one attached hydrogen (secondary N) is 1. The highest BCUT2D eigenvalue weighted by molar-refractivity contribution is 5.96. The Balaban J connectivity index is 2.02. The van der Waals surface area contributed by atoms with Crippen LogP contribution in [0.25, 0.3) is 0 Å². The fourth-order valence-corrected chi connectivity index (χ4v) is 1.85. The smallest absolute Gasteiger partial charge is 0.255 e. The van der Waals surface area contributed by atoms with Gasteiger partial charge in [-0.25, -0.2) is 0 Å². The number of methoxy groups -OCH3 is 1. The molecule has 0 unspecified atom stereocenters. The highest BCUT2D eigenvalue weighted by Crippen LogP contribution is 2.18. The van der Waals surface area contributed by atoms with Crippen molar-refractivity contribution in [1.82, 2.24) is 5.32 Å². The molecule has 0 spiro atoms. The Bertz CT molecular complexity index is 606. The summed E-state index contributed by atoms with van der Waals surface area (Å²) < 4.78 is 5.07. The third-order valence-corrected chi connectivity index (χ3v) is 3.01. The summed E-state index contributed by atoms with van der Waals surface area (Å²) in [6.45, 7) is 2.27. The lowest BCUT2D eigenvalue weighted by atomic mass is 10.1. The minimum Gasteiger partial charge on any atom is -0.507 e. The molecular weight excluding hydrogens is 254 g/mol. The van der Waals surface area contributed by atoms with E-state index >= 15 is 0 Å². The standard InChI is InChI=1S/C16H17NO3/c1-11-3-8-15(18)14(9-11)16(19)17-10-12-4-6-13(20-2)7-5-12/h3-9,18H,10H2,1-2H3,(H,17,19). The van der Waals surface area contributed by atoms with Crippen LogP contribution in [-0.2, 0) is 6.54 Å². The van der Waals surface area contributed by atoms with Gasteiger partial charge in [-0.05, 0) is 36.8 Å². The molecule has 0 aromatic heterocycles. The third-order valence-electron chi connectivity index (χ3n) is 3.01. The predicted molar refractivity (Wildman–Crippen MR) is 77.0 cm³/mol. The van der Waals surface area contributed by atoms with Crippen LogP contribution in [0.15, 0.2) is 42.5 Å². The number of phenolic OH excluding ortho intramolecular Hbond substituents is 1. The normalized spacial score (nSPS) is 10.1. The lowest BCUT2D eigenvalue weighted by Crippen LogP contribution is -2.22. The summed E-state index contributed by atoms with van der Waals surface area (Å²) in [5, 5.41) is 12.5. The molecular formula is C16H17NO3. The van der Waals surface area contributed by atoms with Crippen molar-refractivity contribution in [3.63, 3.8) is 0 Å². The minimum absolute atomic E-state index is 0.0113. The molecule has 2 rings (SSSR count). The van der Waals surface area contributed by atoms with Crippen molar-refractivity contribution in [3.05, 3.63) is 59.2 Å². The van der Waals surface area contributed by atoms with E-state index in [2.05, 4.69) is 5.32 Å². The lowest BCUT2D eigenvalue weighted by molar-refractivity contribution is 0.0948. The highest BCUT2D eigenvalue weighted by Gasteiger charge is 2.10. The molecule has 2 N–H and O–H groups in total. The molecule has 0 radical (unpaired) electrons. The van der Waals surface area contributed by atoms with Crippen LogP contribution in [0.1, 0.15) is 21.5 Å². The Hall–Kier alpha value is -2.49. The second-order valence-corrected chi connectivity index (χ2v) is 4.55. The maximum atomic E-state index is 12.0. The lowest BCUT2D eigenvalue weighted by Gasteiger charge is -2.08. The summed E-state index contributed by atoms with van der Waals surface area (Å²) in [4.78, 5) is 12.0. The van der Waals surface area contributed by atoms with Gasteiger partial charge in [-0.1, -0.05) is 23.8 Å². The first-order chi connectivity index (χ1) is 9.60. The van der Waals surface area contributed by atoms with Gasteiger partial charge in [0.2, 0.25) is 0 Å². The van der Waals surface area contributed by atoms with E-state index in [1.54, 1.807) is 19.2 Å². The van der Waals surface area contributed by atoms with Gasteiger partial charge in [-0.3, -0.25) is 4.79 Å². The van der Waals surface area contributed by atoms with Gasteiger partial charge in [0.05, 0.1) is 12.7 Å². The van der Waals surface area contributed by atoms with Crippen LogP contribution >= 0.6 is 0 Å². The van der Waals surface area contributed by atoms with Gasteiger partial charge in [0, 0.05) is 6.54 Å². The van der Waals surface area contributed by atoms with E-state index in [9.17, 15) is 9.90 Å². The van der Waals surface area contributed by atoms with E-state index in [0.717, 1.165) is 16.9 Å². The van der Waals surface area contributed by atoms with Crippen molar-refractivity contribution >= 4 is 5.91 Å². The molecule has 0 atom stereocenters. The average molecular weight is 271 g/mol. The molecule has 0 aliphatic heterocycles. The van der Waals surface area contributed by atoms with Crippen LogP contribution in [-0.4, -0.2) is 18.1 Å². The largest absolute Gasteiger partial charge is 0.507 e. The molecule has 0 saturated heterocycles. The molecule has 4 nitrogen and oxygen atoms in total. The molecule has 0 aliphatic carbocycles. The summed E-state index contributed by atoms with van der Waals surface area (Å²) in [5.41, 5.74) is 2.18. The van der Waals surface area contributed by atoms with Crippen LogP contribution in [0.4, 0.5) is 0 Å². The van der Waals surface area contributed by atoms with Crippen LogP contribution in [0, 0.1) is 6.92 Å². The number of amides is 1. The van der Waals surface area contributed by atoms with Gasteiger partial charge < -0.3 is 15.2 Å². The van der Waals surface area contributed by atoms with Gasteiger partial charge in [-0.2, -0.15) is 0 Å². The topological polar surface area (TPSA) is 58.6 Å². The van der Waals surface area contributed by atoms with Gasteiger partial charge in [0.1, 0.15) is 11.5 Å². The molecule has 2 aromatic rings. The van der Waals surface area contributed by atoms with Gasteiger partial charge in [0.25, 0.3) is 5.91 Å². The fourth-order valence-electron chi connectivity index (χ4n) is 1.85. The summed E-state index contributed by atoms with van der Waals surface area (Å²) in [6.07, 6.45) is 0. The van der Waals surface area contributed by atoms with Gasteiger partial charge in [0.15, 0.2) is 0 Å². The number of ether oxygens (including phenoxy) is 1. The molecule has 0 saturated carbocycles. The number of aromatic hydroxyl groups is 1. The molecule has 0 fully saturated rings. The Morgan fingerprint density at radius 2 is 1.90 bits per heavy atom. The SMILES string of the molecule is COc1ccc(CNC(=O)c2cc(C)ccc2O)cc1. The van der Waals surface area contributed by atoms with E-state index in [0.29, 0.717) is 12.1 Å². The van der Waals surface area contributed by atoms with Crippen molar-refractivity contribution in [3.8, 4) is 11.5 Å². The highest BCUT2D eigenvalue weighted by atomic mass is 16.5. The molecule has 104 valence electrons. The minimum atomic E-state index is -0.290. The van der Waals surface area contributed by atoms with Gasteiger partial charge >= 0.3 is 0 Å². The first kappa shape index (κ1) is 13.9. The Morgan fingerprint density at radius 1 is 1.20 bits per heavy atom. The Morgan fingerprint density at radius 3 is 2.55 bits per heavy atom. The number of carbonyl (C=O) groups is 1. The number of carbonyl (C=O) groups excluding carboxylic acids is 1. The average Bonchev–Trinajstić information content (AvgIpc) is 2.47. The van der Waals surface area contributed by atoms with Crippen LogP contribution in [0.5, 0.6) is 11.5 Å². The summed E-state index contributed by atoms with van der Waals surface area (Å²) in [6, 6.07) is 12.4. The second kappa shape index (κ2) is 6.10. The summed E-state index contributed by atoms with van der Waals surface area (Å²) >= 11 is 0. The van der Waals surface area contributed by atoms with Crippen molar-refractivity contribution in [2.24, 2.45) is 0 Å². The second-order valence-electron chi connectivity index (χ2n) is 4.55. The number of rotatable bonds is 4. The molecule has 1 amide bonds. The summed E-state index contributed by atoms with van der Waals surface area (Å²) in [7, 11) is 1.61. The maximum absolute atomic E-state index is 12.0. The summed E-state index contributed by atoms with van der Waals surface area (Å²) in [5.74, 6) is 0.473. The zero-order chi connectivity index (χ0) is 14.5. The number of aryl methyl sites for hydroxylation is 1. The zero-order valence-electron chi connectivity index (χ0n) is 11.5. The number of hydrogen-bond donors (Lipinski definition) is 2. The Labute approximate surface area is 118 Å². The number of hydrogen-bond acceptors (Lipinski definition) is 3. The molecule has 0 bridgehead atoms. The first-order valence-corrected chi connectivity index (χ1v) is 6.31. The van der Waals surface area contributed by atoms with Crippen molar-refractivity contribution in [2.75, 3.05) is 7.11 Å². The van der Waals surface area contributed by atoms with Crippen molar-refractivity contribution in [2.45, 2.75) is 13.5 Å². The maximum Gasteiger partial charge on any atom is 0.255 e. The van der Waals surface area contributed by atoms with E-state index in [1.807, 2.05) is 31.2 Å². The number of phenols is 1. The van der Waals surface area contributed by atoms with E-state index in [4.69, 9.17) is 4.74 Å². The quantitative estimate of drug-likeness (QED) is 0.898. The van der Waals surface area contributed by atoms with Crippen LogP contribution in [0.3, 0.4) is 0 Å².